The average molecular weight is 227 g/mol. The fraction of sp³-hybridized carbons (Fsp3) is 1.00. The van der Waals surface area contributed by atoms with Crippen LogP contribution in [0.25, 0.3) is 0 Å². The van der Waals surface area contributed by atoms with E-state index in [4.69, 9.17) is 4.74 Å². The summed E-state index contributed by atoms with van der Waals surface area (Å²) >= 11 is 0. The summed E-state index contributed by atoms with van der Waals surface area (Å²) in [5, 5.41) is 3.11. The van der Waals surface area contributed by atoms with Crippen LogP contribution in [-0.2, 0) is 4.74 Å². The predicted octanol–water partition coefficient (Wildman–Crippen LogP) is 2.59. The summed E-state index contributed by atoms with van der Waals surface area (Å²) in [5.41, 5.74) is 0. The first kappa shape index (κ1) is 14.7. The highest BCUT2D eigenvalue weighted by atomic mass is 19.4. The van der Waals surface area contributed by atoms with E-state index >= 15 is 0 Å². The molecule has 0 spiro atoms. The third-order valence-electron chi connectivity index (χ3n) is 2.01. The van der Waals surface area contributed by atoms with Crippen molar-refractivity contribution in [3.63, 3.8) is 0 Å². The molecule has 0 saturated carbocycles. The number of hydrogen-bond acceptors (Lipinski definition) is 2. The molecule has 0 bridgehead atoms. The van der Waals surface area contributed by atoms with Crippen LogP contribution < -0.4 is 5.32 Å². The minimum Gasteiger partial charge on any atom is -0.384 e. The Kier molecular flexibility index (Phi) is 7.78. The molecule has 0 heterocycles. The Labute approximate surface area is 89.2 Å². The van der Waals surface area contributed by atoms with Crippen LogP contribution >= 0.6 is 0 Å². The van der Waals surface area contributed by atoms with Gasteiger partial charge in [-0.3, -0.25) is 0 Å². The number of methoxy groups -OCH3 is 1. The first-order valence-electron chi connectivity index (χ1n) is 5.22. The van der Waals surface area contributed by atoms with E-state index in [1.54, 1.807) is 7.11 Å². The van der Waals surface area contributed by atoms with Crippen molar-refractivity contribution in [2.24, 2.45) is 5.92 Å². The Bertz CT molecular complexity index is 150. The van der Waals surface area contributed by atoms with Gasteiger partial charge in [0.05, 0.1) is 0 Å². The van der Waals surface area contributed by atoms with Gasteiger partial charge in [-0.15, -0.1) is 0 Å². The second-order valence-corrected chi connectivity index (χ2v) is 3.84. The lowest BCUT2D eigenvalue weighted by molar-refractivity contribution is -0.135. The van der Waals surface area contributed by atoms with Gasteiger partial charge in [0.2, 0.25) is 0 Å². The largest absolute Gasteiger partial charge is 0.389 e. The van der Waals surface area contributed by atoms with Crippen LogP contribution in [0.15, 0.2) is 0 Å². The smallest absolute Gasteiger partial charge is 0.384 e. The molecule has 0 aliphatic rings. The number of ether oxygens (including phenoxy) is 1. The van der Waals surface area contributed by atoms with E-state index in [1.807, 2.05) is 6.92 Å². The van der Waals surface area contributed by atoms with Gasteiger partial charge in [0.15, 0.2) is 0 Å². The normalized spacial score (nSPS) is 14.2. The van der Waals surface area contributed by atoms with Crippen molar-refractivity contribution in [3.8, 4) is 0 Å². The number of alkyl halides is 3. The van der Waals surface area contributed by atoms with Crippen molar-refractivity contribution >= 4 is 0 Å². The van der Waals surface area contributed by atoms with E-state index in [0.29, 0.717) is 25.5 Å². The molecule has 0 aromatic rings. The van der Waals surface area contributed by atoms with E-state index < -0.39 is 12.6 Å². The molecule has 5 heteroatoms. The number of hydrogen-bond donors (Lipinski definition) is 1. The van der Waals surface area contributed by atoms with E-state index in [-0.39, 0.29) is 6.42 Å². The maximum absolute atomic E-state index is 11.8. The van der Waals surface area contributed by atoms with Gasteiger partial charge in [-0.1, -0.05) is 6.92 Å². The zero-order chi connectivity index (χ0) is 11.7. The van der Waals surface area contributed by atoms with E-state index in [0.717, 1.165) is 6.54 Å². The van der Waals surface area contributed by atoms with Crippen molar-refractivity contribution in [1.29, 1.82) is 0 Å². The quantitative estimate of drug-likeness (QED) is 0.643. The summed E-state index contributed by atoms with van der Waals surface area (Å²) in [4.78, 5) is 0. The number of nitrogens with one attached hydrogen (secondary N) is 1. The predicted molar refractivity (Wildman–Crippen MR) is 53.8 cm³/mol. The highest BCUT2D eigenvalue weighted by molar-refractivity contribution is 4.57. The first-order valence-corrected chi connectivity index (χ1v) is 5.22. The van der Waals surface area contributed by atoms with Crippen LogP contribution in [0.4, 0.5) is 13.2 Å². The zero-order valence-electron chi connectivity index (χ0n) is 9.36. The molecule has 0 saturated heterocycles. The van der Waals surface area contributed by atoms with Gasteiger partial charge in [0.1, 0.15) is 0 Å². The van der Waals surface area contributed by atoms with Crippen LogP contribution in [0.2, 0.25) is 0 Å². The van der Waals surface area contributed by atoms with Gasteiger partial charge in [-0.05, 0) is 31.8 Å². The Balaban J connectivity index is 3.18. The van der Waals surface area contributed by atoms with Gasteiger partial charge in [-0.2, -0.15) is 13.2 Å². The lowest BCUT2D eigenvalue weighted by atomic mass is 10.2. The molecule has 15 heavy (non-hydrogen) atoms. The SMILES string of the molecule is COCC(C)CNCCCCC(F)(F)F. The van der Waals surface area contributed by atoms with Gasteiger partial charge in [0.25, 0.3) is 0 Å². The highest BCUT2D eigenvalue weighted by Crippen LogP contribution is 2.21. The summed E-state index contributed by atoms with van der Waals surface area (Å²) in [7, 11) is 1.64. The molecule has 1 atom stereocenters. The summed E-state index contributed by atoms with van der Waals surface area (Å²) in [6.07, 6.45) is -3.92. The van der Waals surface area contributed by atoms with E-state index in [9.17, 15) is 13.2 Å². The first-order chi connectivity index (χ1) is 6.95. The highest BCUT2D eigenvalue weighted by Gasteiger charge is 2.25. The molecule has 0 aliphatic carbocycles. The van der Waals surface area contributed by atoms with E-state index in [1.165, 1.54) is 0 Å². The molecule has 0 fully saturated rings. The Morgan fingerprint density at radius 2 is 1.93 bits per heavy atom. The molecule has 1 unspecified atom stereocenters. The molecular weight excluding hydrogens is 207 g/mol. The summed E-state index contributed by atoms with van der Waals surface area (Å²) < 4.78 is 40.2. The number of halogens is 3. The van der Waals surface area contributed by atoms with Crippen molar-refractivity contribution in [2.75, 3.05) is 26.8 Å². The van der Waals surface area contributed by atoms with Crippen LogP contribution in [-0.4, -0.2) is 33.0 Å². The topological polar surface area (TPSA) is 21.3 Å². The molecular formula is C10H20F3NO. The van der Waals surface area contributed by atoms with Crippen LogP contribution in [0.1, 0.15) is 26.2 Å². The summed E-state index contributed by atoms with van der Waals surface area (Å²) in [6.45, 7) is 4.14. The average Bonchev–Trinajstić information content (AvgIpc) is 2.09. The fourth-order valence-corrected chi connectivity index (χ4v) is 1.27. The molecule has 0 aromatic carbocycles. The van der Waals surface area contributed by atoms with Crippen molar-refractivity contribution in [1.82, 2.24) is 5.32 Å². The lowest BCUT2D eigenvalue weighted by Crippen LogP contribution is -2.24. The van der Waals surface area contributed by atoms with Crippen molar-refractivity contribution < 1.29 is 17.9 Å². The Hall–Kier alpha value is -0.290. The van der Waals surface area contributed by atoms with Crippen LogP contribution in [0, 0.1) is 5.92 Å². The maximum atomic E-state index is 11.8. The summed E-state index contributed by atoms with van der Waals surface area (Å²) in [6, 6.07) is 0. The van der Waals surface area contributed by atoms with Crippen LogP contribution in [0.5, 0.6) is 0 Å². The third-order valence-corrected chi connectivity index (χ3v) is 2.01. The summed E-state index contributed by atoms with van der Waals surface area (Å²) in [5.74, 6) is 0.401. The molecule has 0 rings (SSSR count). The zero-order valence-corrected chi connectivity index (χ0v) is 9.36. The molecule has 0 radical (unpaired) electrons. The van der Waals surface area contributed by atoms with Gasteiger partial charge >= 0.3 is 6.18 Å². The lowest BCUT2D eigenvalue weighted by Gasteiger charge is -2.11. The molecule has 1 N–H and O–H groups in total. The molecule has 92 valence electrons. The number of unbranched alkanes of at least 4 members (excludes halogenated alkanes) is 1. The molecule has 2 nitrogen and oxygen atoms in total. The molecule has 0 aromatic heterocycles. The maximum Gasteiger partial charge on any atom is 0.389 e. The second kappa shape index (κ2) is 7.93. The van der Waals surface area contributed by atoms with Crippen molar-refractivity contribution in [2.45, 2.75) is 32.4 Å². The molecule has 0 aliphatic heterocycles. The minimum atomic E-state index is -4.01. The van der Waals surface area contributed by atoms with Gasteiger partial charge in [0, 0.05) is 20.1 Å². The second-order valence-electron chi connectivity index (χ2n) is 3.84. The Morgan fingerprint density at radius 1 is 1.27 bits per heavy atom. The molecule has 0 amide bonds. The fourth-order valence-electron chi connectivity index (χ4n) is 1.27. The third kappa shape index (κ3) is 11.6. The van der Waals surface area contributed by atoms with Crippen molar-refractivity contribution in [3.05, 3.63) is 0 Å². The monoisotopic (exact) mass is 227 g/mol. The van der Waals surface area contributed by atoms with E-state index in [2.05, 4.69) is 5.32 Å². The minimum absolute atomic E-state index is 0.204. The van der Waals surface area contributed by atoms with Crippen LogP contribution in [0.3, 0.4) is 0 Å². The van der Waals surface area contributed by atoms with Gasteiger partial charge < -0.3 is 10.1 Å². The number of rotatable bonds is 8. The van der Waals surface area contributed by atoms with Gasteiger partial charge in [-0.25, -0.2) is 0 Å². The Morgan fingerprint density at radius 3 is 2.47 bits per heavy atom. The standard InChI is InChI=1S/C10H20F3NO/c1-9(8-15-2)7-14-6-4-3-5-10(11,12)13/h9,14H,3-8H2,1-2H3.